The van der Waals surface area contributed by atoms with Crippen LogP contribution in [0.2, 0.25) is 0 Å². The fourth-order valence-corrected chi connectivity index (χ4v) is 5.33. The normalized spacial score (nSPS) is 17.2. The maximum Gasteiger partial charge on any atom is 0.128 e. The lowest BCUT2D eigenvalue weighted by Crippen LogP contribution is -2.08. The van der Waals surface area contributed by atoms with E-state index in [0.717, 1.165) is 78.5 Å². The van der Waals surface area contributed by atoms with E-state index in [-0.39, 0.29) is 11.7 Å². The van der Waals surface area contributed by atoms with Gasteiger partial charge >= 0.3 is 0 Å². The molecule has 1 nitrogen and oxygen atoms in total. The zero-order chi connectivity index (χ0) is 27.0. The van der Waals surface area contributed by atoms with E-state index in [0.29, 0.717) is 5.92 Å². The predicted octanol–water partition coefficient (Wildman–Crippen LogP) is 10.8. The first kappa shape index (κ1) is 29.7. The van der Waals surface area contributed by atoms with Gasteiger partial charge in [0.25, 0.3) is 0 Å². The summed E-state index contributed by atoms with van der Waals surface area (Å²) in [5.41, 5.74) is 11.3. The molecule has 196 valence electrons. The van der Waals surface area contributed by atoms with E-state index in [4.69, 9.17) is 4.99 Å². The van der Waals surface area contributed by atoms with Crippen molar-refractivity contribution >= 4 is 17.5 Å². The summed E-state index contributed by atoms with van der Waals surface area (Å²) >= 11 is 0. The van der Waals surface area contributed by atoms with Gasteiger partial charge in [0.2, 0.25) is 0 Å². The second-order valence-electron chi connectivity index (χ2n) is 10.9. The Hall–Kier alpha value is -2.48. The number of allylic oxidation sites excluding steroid dienone is 8. The molecule has 0 amide bonds. The second-order valence-corrected chi connectivity index (χ2v) is 10.9. The molecule has 0 bridgehead atoms. The van der Waals surface area contributed by atoms with Crippen molar-refractivity contribution < 1.29 is 4.39 Å². The second kappa shape index (κ2) is 13.7. The molecule has 0 saturated heterocycles. The third-order valence-electron chi connectivity index (χ3n) is 7.40. The number of fused-ring (bicyclic) bond motifs is 1. The monoisotopic (exact) mass is 489 g/mol. The fraction of sp³-hybridized carbons (Fsp3) is 0.500. The maximum atomic E-state index is 14.9. The minimum atomic E-state index is -0.158. The molecule has 0 heterocycles. The van der Waals surface area contributed by atoms with Crippen LogP contribution in [0.4, 0.5) is 10.1 Å². The van der Waals surface area contributed by atoms with Crippen LogP contribution < -0.4 is 0 Å². The lowest BCUT2D eigenvalue weighted by atomic mass is 9.81. The third kappa shape index (κ3) is 7.28. The van der Waals surface area contributed by atoms with Gasteiger partial charge in [-0.15, -0.1) is 6.58 Å². The Bertz CT molecular complexity index is 1090. The molecule has 1 aliphatic rings. The van der Waals surface area contributed by atoms with Gasteiger partial charge in [0.05, 0.1) is 5.69 Å². The van der Waals surface area contributed by atoms with Crippen LogP contribution in [0.5, 0.6) is 0 Å². The molecule has 0 fully saturated rings. The van der Waals surface area contributed by atoms with Crippen molar-refractivity contribution in [3.63, 3.8) is 0 Å². The van der Waals surface area contributed by atoms with Crippen LogP contribution in [0.1, 0.15) is 104 Å². The molecule has 1 aromatic rings. The van der Waals surface area contributed by atoms with E-state index in [2.05, 4.69) is 73.8 Å². The van der Waals surface area contributed by atoms with Crippen LogP contribution in [0, 0.1) is 24.6 Å². The molecule has 0 N–H and O–H groups in total. The minimum absolute atomic E-state index is 0.158. The molecule has 0 saturated carbocycles. The highest BCUT2D eigenvalue weighted by Crippen LogP contribution is 2.42. The van der Waals surface area contributed by atoms with E-state index in [1.807, 2.05) is 13.1 Å². The summed E-state index contributed by atoms with van der Waals surface area (Å²) in [6.45, 7) is 25.7. The average Bonchev–Trinajstić information content (AvgIpc) is 2.84. The molecule has 0 aromatic heterocycles. The molecule has 36 heavy (non-hydrogen) atoms. The highest BCUT2D eigenvalue weighted by Gasteiger charge is 2.23. The minimum Gasteiger partial charge on any atom is -0.256 e. The van der Waals surface area contributed by atoms with E-state index >= 15 is 0 Å². The molecule has 0 aliphatic heterocycles. The van der Waals surface area contributed by atoms with E-state index in [1.54, 1.807) is 6.07 Å². The lowest BCUT2D eigenvalue weighted by Gasteiger charge is -2.25. The van der Waals surface area contributed by atoms with Crippen LogP contribution in [-0.4, -0.2) is 6.21 Å². The van der Waals surface area contributed by atoms with Crippen molar-refractivity contribution in [2.75, 3.05) is 0 Å². The number of rotatable bonds is 11. The summed E-state index contributed by atoms with van der Waals surface area (Å²) in [6.07, 6.45) is 13.4. The highest BCUT2D eigenvalue weighted by atomic mass is 19.1. The third-order valence-corrected chi connectivity index (χ3v) is 7.40. The molecular formula is C34H48FN. The van der Waals surface area contributed by atoms with Crippen molar-refractivity contribution in [3.8, 4) is 0 Å². The first-order valence-corrected chi connectivity index (χ1v) is 13.8. The number of hydrogen-bond acceptors (Lipinski definition) is 1. The van der Waals surface area contributed by atoms with E-state index < -0.39 is 0 Å². The van der Waals surface area contributed by atoms with E-state index in [1.165, 1.54) is 22.3 Å². The Kier molecular flexibility index (Phi) is 11.3. The van der Waals surface area contributed by atoms with Crippen LogP contribution in [0.3, 0.4) is 0 Å². The van der Waals surface area contributed by atoms with Crippen molar-refractivity contribution in [2.45, 2.75) is 100 Å². The SMILES string of the molecule is C=CC(CC(C)C)C(/C=C(C)/C=N/c1cc(F)c(C)c2c1/C(=C(\C)CC)CCC2)=C(\CCC)C(=C)C. The van der Waals surface area contributed by atoms with Crippen LogP contribution in [0.15, 0.2) is 64.2 Å². The molecule has 1 aromatic carbocycles. The Morgan fingerprint density at radius 3 is 2.42 bits per heavy atom. The van der Waals surface area contributed by atoms with Crippen LogP contribution >= 0.6 is 0 Å². The molecule has 0 spiro atoms. The van der Waals surface area contributed by atoms with E-state index in [9.17, 15) is 4.39 Å². The van der Waals surface area contributed by atoms with Gasteiger partial charge in [-0.2, -0.15) is 0 Å². The number of aliphatic imine (C=N–C) groups is 1. The topological polar surface area (TPSA) is 12.4 Å². The van der Waals surface area contributed by atoms with Gasteiger partial charge < -0.3 is 0 Å². The smallest absolute Gasteiger partial charge is 0.128 e. The Morgan fingerprint density at radius 2 is 1.86 bits per heavy atom. The number of nitrogens with zero attached hydrogens (tertiary/aromatic N) is 1. The van der Waals surface area contributed by atoms with Crippen molar-refractivity contribution in [1.29, 1.82) is 0 Å². The molecule has 2 heteroatoms. The summed E-state index contributed by atoms with van der Waals surface area (Å²) in [6, 6.07) is 1.63. The zero-order valence-electron chi connectivity index (χ0n) is 24.2. The van der Waals surface area contributed by atoms with Gasteiger partial charge in [0, 0.05) is 23.8 Å². The molecule has 1 aliphatic carbocycles. The van der Waals surface area contributed by atoms with Gasteiger partial charge in [-0.05, 0) is 106 Å². The lowest BCUT2D eigenvalue weighted by molar-refractivity contribution is 0.520. The van der Waals surface area contributed by atoms with Crippen molar-refractivity contribution in [3.05, 3.63) is 81.7 Å². The molecule has 1 atom stereocenters. The standard InChI is InChI=1S/C34H48FN/c1-11-15-28(23(6)7)31(27(13-3)18-22(4)5)19-24(8)21-36-33-20-32(35)26(10)30-17-14-16-29(34(30)33)25(9)12-2/h13,19-22,27H,3,6,11-12,14-18H2,1-2,4-5,7-10H3/b24-19+,29-25+,31-28+,36-21+. The van der Waals surface area contributed by atoms with Crippen LogP contribution in [-0.2, 0) is 6.42 Å². The maximum absolute atomic E-state index is 14.9. The largest absolute Gasteiger partial charge is 0.256 e. The van der Waals surface area contributed by atoms with Gasteiger partial charge in [-0.25, -0.2) is 4.39 Å². The van der Waals surface area contributed by atoms with Crippen LogP contribution in [0.25, 0.3) is 5.57 Å². The molecular weight excluding hydrogens is 441 g/mol. The summed E-state index contributed by atoms with van der Waals surface area (Å²) in [5.74, 6) is 0.667. The molecule has 0 radical (unpaired) electrons. The summed E-state index contributed by atoms with van der Waals surface area (Å²) in [5, 5.41) is 0. The quantitative estimate of drug-likeness (QED) is 0.166. The first-order valence-electron chi connectivity index (χ1n) is 13.8. The number of benzene rings is 1. The zero-order valence-corrected chi connectivity index (χ0v) is 24.2. The number of halogens is 1. The van der Waals surface area contributed by atoms with Crippen molar-refractivity contribution in [2.24, 2.45) is 16.8 Å². The fourth-order valence-electron chi connectivity index (χ4n) is 5.33. The Balaban J connectivity index is 2.65. The molecule has 2 rings (SSSR count). The molecule has 1 unspecified atom stereocenters. The Labute approximate surface area is 220 Å². The summed E-state index contributed by atoms with van der Waals surface area (Å²) in [4.78, 5) is 4.90. The first-order chi connectivity index (χ1) is 17.0. The average molecular weight is 490 g/mol. The van der Waals surface area contributed by atoms with Gasteiger partial charge in [-0.3, -0.25) is 4.99 Å². The summed E-state index contributed by atoms with van der Waals surface area (Å²) in [7, 11) is 0. The highest BCUT2D eigenvalue weighted by molar-refractivity contribution is 5.87. The summed E-state index contributed by atoms with van der Waals surface area (Å²) < 4.78 is 14.9. The van der Waals surface area contributed by atoms with Crippen molar-refractivity contribution in [1.82, 2.24) is 0 Å². The van der Waals surface area contributed by atoms with Gasteiger partial charge in [0.15, 0.2) is 0 Å². The van der Waals surface area contributed by atoms with Gasteiger partial charge in [0.1, 0.15) is 5.82 Å². The predicted molar refractivity (Wildman–Crippen MR) is 159 cm³/mol. The Morgan fingerprint density at radius 1 is 1.17 bits per heavy atom. The number of hydrogen-bond donors (Lipinski definition) is 0. The van der Waals surface area contributed by atoms with Gasteiger partial charge in [-0.1, -0.05) is 64.0 Å².